The first-order chi connectivity index (χ1) is 7.97. The van der Waals surface area contributed by atoms with Crippen molar-refractivity contribution in [3.05, 3.63) is 23.3 Å². The number of hydrogen-bond acceptors (Lipinski definition) is 3. The van der Waals surface area contributed by atoms with E-state index in [0.717, 1.165) is 23.4 Å². The van der Waals surface area contributed by atoms with E-state index in [4.69, 9.17) is 5.73 Å². The van der Waals surface area contributed by atoms with E-state index in [9.17, 15) is 5.11 Å². The van der Waals surface area contributed by atoms with E-state index < -0.39 is 0 Å². The molecule has 1 aromatic carbocycles. The first-order valence-electron chi connectivity index (χ1n) is 6.20. The highest BCUT2D eigenvalue weighted by Crippen LogP contribution is 2.28. The zero-order chi connectivity index (χ0) is 13.0. The molecular formula is C14H24N2O. The molecule has 1 atom stereocenters. The second-order valence-electron chi connectivity index (χ2n) is 5.02. The van der Waals surface area contributed by atoms with E-state index in [1.807, 2.05) is 26.0 Å². The fourth-order valence-electron chi connectivity index (χ4n) is 1.86. The molecule has 0 heterocycles. The Balaban J connectivity index is 2.73. The lowest BCUT2D eigenvalue weighted by molar-refractivity contribution is 0.413. The van der Waals surface area contributed by atoms with Crippen molar-refractivity contribution >= 4 is 5.69 Å². The molecule has 1 unspecified atom stereocenters. The summed E-state index contributed by atoms with van der Waals surface area (Å²) in [6, 6.07) is 3.94. The van der Waals surface area contributed by atoms with Crippen LogP contribution in [0.15, 0.2) is 12.1 Å². The molecule has 17 heavy (non-hydrogen) atoms. The minimum Gasteiger partial charge on any atom is -0.507 e. The number of benzene rings is 1. The van der Waals surface area contributed by atoms with Gasteiger partial charge < -0.3 is 16.2 Å². The van der Waals surface area contributed by atoms with Crippen LogP contribution < -0.4 is 11.1 Å². The highest BCUT2D eigenvalue weighted by molar-refractivity contribution is 5.59. The molecule has 0 aliphatic heterocycles. The Morgan fingerprint density at radius 3 is 2.47 bits per heavy atom. The molecule has 0 aliphatic rings. The van der Waals surface area contributed by atoms with E-state index in [1.54, 1.807) is 0 Å². The molecule has 4 N–H and O–H groups in total. The van der Waals surface area contributed by atoms with Crippen LogP contribution in [-0.4, -0.2) is 18.2 Å². The van der Waals surface area contributed by atoms with Crippen molar-refractivity contribution < 1.29 is 5.11 Å². The largest absolute Gasteiger partial charge is 0.507 e. The van der Waals surface area contributed by atoms with Gasteiger partial charge in [0.2, 0.25) is 0 Å². The van der Waals surface area contributed by atoms with Crippen LogP contribution >= 0.6 is 0 Å². The zero-order valence-corrected chi connectivity index (χ0v) is 11.2. The lowest BCUT2D eigenvalue weighted by atomic mass is 9.96. The van der Waals surface area contributed by atoms with Gasteiger partial charge in [-0.1, -0.05) is 19.9 Å². The maximum Gasteiger partial charge on any atom is 0.123 e. The van der Waals surface area contributed by atoms with Crippen molar-refractivity contribution in [2.24, 2.45) is 17.6 Å². The number of nitrogens with one attached hydrogen (secondary N) is 1. The van der Waals surface area contributed by atoms with Gasteiger partial charge in [0, 0.05) is 17.8 Å². The maximum atomic E-state index is 9.85. The summed E-state index contributed by atoms with van der Waals surface area (Å²) in [5.74, 6) is 1.40. The molecule has 0 spiro atoms. The fraction of sp³-hybridized carbons (Fsp3) is 0.571. The molecule has 0 radical (unpaired) electrons. The van der Waals surface area contributed by atoms with Crippen molar-refractivity contribution in [3.63, 3.8) is 0 Å². The van der Waals surface area contributed by atoms with Gasteiger partial charge in [-0.3, -0.25) is 0 Å². The third-order valence-electron chi connectivity index (χ3n) is 3.43. The highest BCUT2D eigenvalue weighted by atomic mass is 16.3. The normalized spacial score (nSPS) is 12.8. The molecule has 1 aromatic rings. The van der Waals surface area contributed by atoms with Crippen LogP contribution in [-0.2, 0) is 0 Å². The van der Waals surface area contributed by atoms with Gasteiger partial charge in [-0.05, 0) is 43.9 Å². The zero-order valence-electron chi connectivity index (χ0n) is 11.2. The number of phenols is 1. The predicted molar refractivity (Wildman–Crippen MR) is 73.5 cm³/mol. The minimum absolute atomic E-state index is 0.379. The molecule has 0 saturated carbocycles. The number of hydrogen-bond donors (Lipinski definition) is 3. The van der Waals surface area contributed by atoms with Gasteiger partial charge in [0.1, 0.15) is 5.75 Å². The molecule has 0 aromatic heterocycles. The number of anilines is 1. The summed E-state index contributed by atoms with van der Waals surface area (Å²) in [6.07, 6.45) is 0. The van der Waals surface area contributed by atoms with Gasteiger partial charge in [-0.2, -0.15) is 0 Å². The summed E-state index contributed by atoms with van der Waals surface area (Å²) < 4.78 is 0. The molecule has 0 saturated heterocycles. The van der Waals surface area contributed by atoms with Crippen LogP contribution in [0.5, 0.6) is 5.75 Å². The van der Waals surface area contributed by atoms with Gasteiger partial charge in [-0.15, -0.1) is 0 Å². The van der Waals surface area contributed by atoms with Crippen LogP contribution in [0.4, 0.5) is 5.69 Å². The summed E-state index contributed by atoms with van der Waals surface area (Å²) in [5.41, 5.74) is 8.55. The topological polar surface area (TPSA) is 58.3 Å². The minimum atomic E-state index is 0.379. The Hall–Kier alpha value is -1.22. The Labute approximate surface area is 104 Å². The van der Waals surface area contributed by atoms with Crippen LogP contribution in [0.2, 0.25) is 0 Å². The van der Waals surface area contributed by atoms with Crippen molar-refractivity contribution in [1.82, 2.24) is 0 Å². The first kappa shape index (κ1) is 13.8. The predicted octanol–water partition coefficient (Wildman–Crippen LogP) is 2.65. The third kappa shape index (κ3) is 3.37. The lowest BCUT2D eigenvalue weighted by Gasteiger charge is -2.21. The van der Waals surface area contributed by atoms with Crippen molar-refractivity contribution in [2.45, 2.75) is 27.7 Å². The molecule has 3 heteroatoms. The SMILES string of the molecule is Cc1ccc(NCC(CN)C(C)C)c(C)c1O. The Bertz CT molecular complexity index is 375. The van der Waals surface area contributed by atoms with Crippen LogP contribution in [0.3, 0.4) is 0 Å². The molecule has 0 fully saturated rings. The third-order valence-corrected chi connectivity index (χ3v) is 3.43. The number of nitrogens with two attached hydrogens (primary N) is 1. The number of aryl methyl sites for hydroxylation is 1. The molecule has 1 rings (SSSR count). The van der Waals surface area contributed by atoms with Gasteiger partial charge in [-0.25, -0.2) is 0 Å². The second kappa shape index (κ2) is 5.92. The van der Waals surface area contributed by atoms with E-state index in [0.29, 0.717) is 24.1 Å². The first-order valence-corrected chi connectivity index (χ1v) is 6.20. The summed E-state index contributed by atoms with van der Waals surface area (Å²) >= 11 is 0. The van der Waals surface area contributed by atoms with Crippen LogP contribution in [0.1, 0.15) is 25.0 Å². The van der Waals surface area contributed by atoms with E-state index >= 15 is 0 Å². The standard InChI is InChI=1S/C14H24N2O/c1-9(2)12(7-15)8-16-13-6-5-10(3)14(17)11(13)4/h5-6,9,12,16-17H,7-8,15H2,1-4H3. The molecule has 0 amide bonds. The number of rotatable bonds is 5. The molecule has 0 bridgehead atoms. The summed E-state index contributed by atoms with van der Waals surface area (Å²) in [5, 5.41) is 13.2. The van der Waals surface area contributed by atoms with Gasteiger partial charge in [0.25, 0.3) is 0 Å². The average Bonchev–Trinajstić information content (AvgIpc) is 2.29. The van der Waals surface area contributed by atoms with Gasteiger partial charge >= 0.3 is 0 Å². The van der Waals surface area contributed by atoms with E-state index in [1.165, 1.54) is 0 Å². The van der Waals surface area contributed by atoms with Gasteiger partial charge in [0.05, 0.1) is 0 Å². The van der Waals surface area contributed by atoms with Gasteiger partial charge in [0.15, 0.2) is 0 Å². The quantitative estimate of drug-likeness (QED) is 0.736. The highest BCUT2D eigenvalue weighted by Gasteiger charge is 2.12. The average molecular weight is 236 g/mol. The molecule has 0 aliphatic carbocycles. The monoisotopic (exact) mass is 236 g/mol. The Kier molecular flexibility index (Phi) is 4.82. The Morgan fingerprint density at radius 2 is 1.94 bits per heavy atom. The van der Waals surface area contributed by atoms with Crippen molar-refractivity contribution in [1.29, 1.82) is 0 Å². The maximum absolute atomic E-state index is 9.85. The summed E-state index contributed by atoms with van der Waals surface area (Å²) in [6.45, 7) is 9.72. The Morgan fingerprint density at radius 1 is 1.29 bits per heavy atom. The van der Waals surface area contributed by atoms with Crippen molar-refractivity contribution in [3.8, 4) is 5.75 Å². The van der Waals surface area contributed by atoms with E-state index in [2.05, 4.69) is 19.2 Å². The van der Waals surface area contributed by atoms with Crippen molar-refractivity contribution in [2.75, 3.05) is 18.4 Å². The fourth-order valence-corrected chi connectivity index (χ4v) is 1.86. The van der Waals surface area contributed by atoms with Crippen LogP contribution in [0.25, 0.3) is 0 Å². The van der Waals surface area contributed by atoms with Crippen LogP contribution in [0, 0.1) is 25.7 Å². The second-order valence-corrected chi connectivity index (χ2v) is 5.02. The number of phenolic OH excluding ortho intramolecular Hbond substituents is 1. The lowest BCUT2D eigenvalue weighted by Crippen LogP contribution is -2.27. The number of aromatic hydroxyl groups is 1. The summed E-state index contributed by atoms with van der Waals surface area (Å²) in [7, 11) is 0. The molecule has 96 valence electrons. The summed E-state index contributed by atoms with van der Waals surface area (Å²) in [4.78, 5) is 0. The molecular weight excluding hydrogens is 212 g/mol. The smallest absolute Gasteiger partial charge is 0.123 e. The van der Waals surface area contributed by atoms with E-state index in [-0.39, 0.29) is 0 Å². The molecule has 3 nitrogen and oxygen atoms in total.